The average molecular weight is 296 g/mol. The quantitative estimate of drug-likeness (QED) is 0.294. The zero-order valence-corrected chi connectivity index (χ0v) is 11.0. The largest absolute Gasteiger partial charge is 0.409 e. The van der Waals surface area contributed by atoms with Gasteiger partial charge in [0.2, 0.25) is 0 Å². The van der Waals surface area contributed by atoms with E-state index in [0.717, 1.165) is 4.34 Å². The van der Waals surface area contributed by atoms with E-state index < -0.39 is 4.92 Å². The van der Waals surface area contributed by atoms with Crippen molar-refractivity contribution in [2.75, 3.05) is 0 Å². The summed E-state index contributed by atoms with van der Waals surface area (Å²) in [6, 6.07) is 4.19. The van der Waals surface area contributed by atoms with Crippen LogP contribution in [0.1, 0.15) is 5.56 Å². The topological polar surface area (TPSA) is 115 Å². The molecule has 1 heterocycles. The number of nitro groups is 1. The second-order valence-electron chi connectivity index (χ2n) is 3.32. The fourth-order valence-corrected chi connectivity index (χ4v) is 3.03. The Morgan fingerprint density at radius 2 is 2.37 bits per heavy atom. The van der Waals surface area contributed by atoms with Crippen molar-refractivity contribution in [2.45, 2.75) is 9.24 Å². The summed E-state index contributed by atoms with van der Waals surface area (Å²) in [6.07, 6.45) is 1.65. The minimum Gasteiger partial charge on any atom is -0.409 e. The Labute approximate surface area is 115 Å². The second kappa shape index (κ2) is 5.67. The van der Waals surface area contributed by atoms with Crippen LogP contribution < -0.4 is 5.73 Å². The van der Waals surface area contributed by atoms with E-state index in [2.05, 4.69) is 10.1 Å². The van der Waals surface area contributed by atoms with E-state index in [4.69, 9.17) is 10.9 Å². The van der Waals surface area contributed by atoms with Gasteiger partial charge in [-0.2, -0.15) is 0 Å². The zero-order valence-electron chi connectivity index (χ0n) is 9.39. The number of rotatable bonds is 4. The van der Waals surface area contributed by atoms with E-state index in [1.165, 1.54) is 35.2 Å². The molecule has 0 atom stereocenters. The van der Waals surface area contributed by atoms with E-state index in [-0.39, 0.29) is 11.5 Å². The standard InChI is InChI=1S/C10H8N4O3S2/c11-9(13-15)7-5-6(14(16)17)1-2-8(7)19-10-12-3-4-18-10/h1-5,15H,(H2,11,13). The lowest BCUT2D eigenvalue weighted by molar-refractivity contribution is -0.384. The number of benzene rings is 1. The Balaban J connectivity index is 2.44. The molecule has 2 rings (SSSR count). The third-order valence-corrected chi connectivity index (χ3v) is 4.12. The second-order valence-corrected chi connectivity index (χ2v) is 5.51. The number of hydrogen-bond acceptors (Lipinski definition) is 7. The molecule has 2 aromatic rings. The van der Waals surface area contributed by atoms with E-state index >= 15 is 0 Å². The number of amidine groups is 1. The van der Waals surface area contributed by atoms with Crippen LogP contribution >= 0.6 is 23.1 Å². The first-order valence-corrected chi connectivity index (χ1v) is 6.65. The van der Waals surface area contributed by atoms with Crippen molar-refractivity contribution in [1.82, 2.24) is 4.98 Å². The number of oxime groups is 1. The smallest absolute Gasteiger partial charge is 0.270 e. The summed E-state index contributed by atoms with van der Waals surface area (Å²) in [4.78, 5) is 14.9. The summed E-state index contributed by atoms with van der Waals surface area (Å²) < 4.78 is 0.765. The van der Waals surface area contributed by atoms with E-state index in [1.807, 2.05) is 5.38 Å². The van der Waals surface area contributed by atoms with Gasteiger partial charge >= 0.3 is 0 Å². The van der Waals surface area contributed by atoms with Gasteiger partial charge in [0.1, 0.15) is 0 Å². The molecular formula is C10H8N4O3S2. The Kier molecular flexibility index (Phi) is 3.97. The fourth-order valence-electron chi connectivity index (χ4n) is 1.33. The predicted octanol–water partition coefficient (Wildman–Crippen LogP) is 2.30. The lowest BCUT2D eigenvalue weighted by atomic mass is 10.2. The van der Waals surface area contributed by atoms with Crippen molar-refractivity contribution >= 4 is 34.6 Å². The number of thiazole rings is 1. The molecule has 0 amide bonds. The van der Waals surface area contributed by atoms with E-state index in [0.29, 0.717) is 10.5 Å². The van der Waals surface area contributed by atoms with Gasteiger partial charge in [-0.25, -0.2) is 4.98 Å². The third kappa shape index (κ3) is 3.01. The van der Waals surface area contributed by atoms with Gasteiger partial charge in [0.05, 0.1) is 4.92 Å². The maximum Gasteiger partial charge on any atom is 0.270 e. The molecule has 1 aromatic heterocycles. The van der Waals surface area contributed by atoms with Gasteiger partial charge in [-0.3, -0.25) is 10.1 Å². The number of nitrogens with zero attached hydrogens (tertiary/aromatic N) is 3. The van der Waals surface area contributed by atoms with Crippen LogP contribution in [0.15, 0.2) is 44.2 Å². The highest BCUT2D eigenvalue weighted by atomic mass is 32.2. The van der Waals surface area contributed by atoms with Crippen molar-refractivity contribution in [3.05, 3.63) is 45.5 Å². The highest BCUT2D eigenvalue weighted by molar-refractivity contribution is 8.01. The molecule has 9 heteroatoms. The van der Waals surface area contributed by atoms with Gasteiger partial charge in [-0.05, 0) is 6.07 Å². The van der Waals surface area contributed by atoms with E-state index in [9.17, 15) is 10.1 Å². The summed E-state index contributed by atoms with van der Waals surface area (Å²) in [6.45, 7) is 0. The Bertz CT molecular complexity index is 628. The van der Waals surface area contributed by atoms with Gasteiger partial charge < -0.3 is 10.9 Å². The van der Waals surface area contributed by atoms with Gasteiger partial charge in [0, 0.05) is 34.2 Å². The highest BCUT2D eigenvalue weighted by Crippen LogP contribution is 2.33. The Morgan fingerprint density at radius 1 is 1.58 bits per heavy atom. The Hall–Kier alpha value is -2.13. The molecule has 19 heavy (non-hydrogen) atoms. The summed E-state index contributed by atoms with van der Waals surface area (Å²) in [5.41, 5.74) is 5.72. The number of nitrogens with two attached hydrogens (primary N) is 1. The molecule has 3 N–H and O–H groups in total. The van der Waals surface area contributed by atoms with Crippen molar-refractivity contribution in [3.63, 3.8) is 0 Å². The Morgan fingerprint density at radius 3 is 2.95 bits per heavy atom. The third-order valence-electron chi connectivity index (χ3n) is 2.16. The zero-order chi connectivity index (χ0) is 13.8. The van der Waals surface area contributed by atoms with Crippen LogP contribution in [0.25, 0.3) is 0 Å². The van der Waals surface area contributed by atoms with Gasteiger partial charge in [-0.15, -0.1) is 11.3 Å². The van der Waals surface area contributed by atoms with Crippen LogP contribution in [-0.2, 0) is 0 Å². The number of nitro benzene ring substituents is 1. The van der Waals surface area contributed by atoms with Crippen molar-refractivity contribution in [1.29, 1.82) is 0 Å². The summed E-state index contributed by atoms with van der Waals surface area (Å²) in [5, 5.41) is 24.2. The van der Waals surface area contributed by atoms with Crippen molar-refractivity contribution < 1.29 is 10.1 Å². The molecule has 0 bridgehead atoms. The molecule has 0 radical (unpaired) electrons. The molecule has 0 spiro atoms. The maximum atomic E-state index is 10.7. The fraction of sp³-hybridized carbons (Fsp3) is 0. The predicted molar refractivity (Wildman–Crippen MR) is 71.8 cm³/mol. The molecule has 98 valence electrons. The summed E-state index contributed by atoms with van der Waals surface area (Å²) in [7, 11) is 0. The number of hydrogen-bond donors (Lipinski definition) is 2. The first-order valence-electron chi connectivity index (χ1n) is 4.95. The molecular weight excluding hydrogens is 288 g/mol. The van der Waals surface area contributed by atoms with Crippen LogP contribution in [0.4, 0.5) is 5.69 Å². The molecule has 0 saturated carbocycles. The van der Waals surface area contributed by atoms with Crippen LogP contribution in [0.2, 0.25) is 0 Å². The first kappa shape index (κ1) is 13.3. The normalized spacial score (nSPS) is 11.5. The summed E-state index contributed by atoms with van der Waals surface area (Å²) in [5.74, 6) is -0.178. The SMILES string of the molecule is NC(=NO)c1cc([N+](=O)[O-])ccc1Sc1nccs1. The number of aromatic nitrogens is 1. The molecule has 0 aliphatic carbocycles. The van der Waals surface area contributed by atoms with Gasteiger partial charge in [0.25, 0.3) is 5.69 Å². The lowest BCUT2D eigenvalue weighted by Crippen LogP contribution is -2.14. The van der Waals surface area contributed by atoms with E-state index in [1.54, 1.807) is 12.3 Å². The van der Waals surface area contributed by atoms with Crippen LogP contribution in [0.5, 0.6) is 0 Å². The molecule has 0 saturated heterocycles. The molecule has 0 aliphatic heterocycles. The van der Waals surface area contributed by atoms with Gasteiger partial charge in [0.15, 0.2) is 10.2 Å². The average Bonchev–Trinajstić information content (AvgIpc) is 2.91. The molecule has 0 fully saturated rings. The number of non-ortho nitro benzene ring substituents is 1. The van der Waals surface area contributed by atoms with Crippen LogP contribution in [0, 0.1) is 10.1 Å². The highest BCUT2D eigenvalue weighted by Gasteiger charge is 2.15. The molecule has 7 nitrogen and oxygen atoms in total. The van der Waals surface area contributed by atoms with Crippen LogP contribution in [-0.4, -0.2) is 21.0 Å². The molecule has 0 unspecified atom stereocenters. The monoisotopic (exact) mass is 296 g/mol. The lowest BCUT2D eigenvalue weighted by Gasteiger charge is -2.06. The van der Waals surface area contributed by atoms with Gasteiger partial charge in [-0.1, -0.05) is 16.9 Å². The van der Waals surface area contributed by atoms with Crippen molar-refractivity contribution in [3.8, 4) is 0 Å². The minimum absolute atomic E-state index is 0.120. The maximum absolute atomic E-state index is 10.7. The minimum atomic E-state index is -0.536. The molecule has 1 aromatic carbocycles. The van der Waals surface area contributed by atoms with Crippen LogP contribution in [0.3, 0.4) is 0 Å². The van der Waals surface area contributed by atoms with Crippen molar-refractivity contribution in [2.24, 2.45) is 10.9 Å². The molecule has 0 aliphatic rings. The summed E-state index contributed by atoms with van der Waals surface area (Å²) >= 11 is 2.73. The first-order chi connectivity index (χ1) is 9.11.